The Bertz CT molecular complexity index is 212. The van der Waals surface area contributed by atoms with E-state index in [9.17, 15) is 9.90 Å². The van der Waals surface area contributed by atoms with Gasteiger partial charge in [0.05, 0.1) is 6.10 Å². The zero-order chi connectivity index (χ0) is 12.0. The highest BCUT2D eigenvalue weighted by molar-refractivity contribution is 5.66. The van der Waals surface area contributed by atoms with Crippen LogP contribution in [0, 0.1) is 5.92 Å². The molecule has 1 aliphatic carbocycles. The van der Waals surface area contributed by atoms with Crippen LogP contribution in [-0.4, -0.2) is 34.9 Å². The minimum atomic E-state index is -0.727. The Balaban J connectivity index is 2.07. The van der Waals surface area contributed by atoms with Gasteiger partial charge in [-0.3, -0.25) is 4.79 Å². The van der Waals surface area contributed by atoms with Crippen LogP contribution < -0.4 is 5.32 Å². The third kappa shape index (κ3) is 5.47. The fourth-order valence-corrected chi connectivity index (χ4v) is 2.16. The molecule has 1 fully saturated rings. The van der Waals surface area contributed by atoms with Gasteiger partial charge in [-0.05, 0) is 51.5 Å². The summed E-state index contributed by atoms with van der Waals surface area (Å²) in [6, 6.07) is 0.267. The first-order valence-electron chi connectivity index (χ1n) is 6.21. The molecule has 1 aliphatic rings. The van der Waals surface area contributed by atoms with E-state index in [2.05, 4.69) is 5.32 Å². The van der Waals surface area contributed by atoms with E-state index in [0.29, 0.717) is 12.3 Å². The van der Waals surface area contributed by atoms with Gasteiger partial charge in [-0.15, -0.1) is 0 Å². The van der Waals surface area contributed by atoms with E-state index in [1.54, 1.807) is 0 Å². The molecule has 16 heavy (non-hydrogen) atoms. The number of hydrogen-bond acceptors (Lipinski definition) is 3. The van der Waals surface area contributed by atoms with E-state index >= 15 is 0 Å². The van der Waals surface area contributed by atoms with Crippen LogP contribution in [0.5, 0.6) is 0 Å². The second kappa shape index (κ2) is 6.86. The molecule has 0 amide bonds. The maximum absolute atomic E-state index is 10.4. The monoisotopic (exact) mass is 229 g/mol. The maximum atomic E-state index is 10.4. The van der Waals surface area contributed by atoms with Crippen LogP contribution in [0.2, 0.25) is 0 Å². The summed E-state index contributed by atoms with van der Waals surface area (Å²) in [5, 5.41) is 21.3. The van der Waals surface area contributed by atoms with Crippen molar-refractivity contribution in [2.75, 3.05) is 6.54 Å². The molecule has 0 aromatic heterocycles. The SMILES string of the molecule is CC(CCC(=O)O)NCC1CCC(O)CC1. The van der Waals surface area contributed by atoms with Crippen LogP contribution in [0.1, 0.15) is 45.4 Å². The number of aliphatic carboxylic acids is 1. The van der Waals surface area contributed by atoms with E-state index < -0.39 is 5.97 Å². The molecular weight excluding hydrogens is 206 g/mol. The summed E-state index contributed by atoms with van der Waals surface area (Å²) >= 11 is 0. The molecule has 0 spiro atoms. The molecule has 1 unspecified atom stereocenters. The van der Waals surface area contributed by atoms with Gasteiger partial charge in [0.15, 0.2) is 0 Å². The second-order valence-electron chi connectivity index (χ2n) is 4.92. The van der Waals surface area contributed by atoms with Crippen molar-refractivity contribution in [3.63, 3.8) is 0 Å². The van der Waals surface area contributed by atoms with Gasteiger partial charge in [-0.2, -0.15) is 0 Å². The number of carbonyl (C=O) groups is 1. The van der Waals surface area contributed by atoms with Crippen LogP contribution in [0.4, 0.5) is 0 Å². The lowest BCUT2D eigenvalue weighted by Gasteiger charge is -2.26. The molecule has 1 atom stereocenters. The van der Waals surface area contributed by atoms with E-state index in [1.807, 2.05) is 6.92 Å². The predicted octanol–water partition coefficient (Wildman–Crippen LogP) is 1.38. The highest BCUT2D eigenvalue weighted by Gasteiger charge is 2.19. The number of hydrogen-bond donors (Lipinski definition) is 3. The van der Waals surface area contributed by atoms with Gasteiger partial charge < -0.3 is 15.5 Å². The lowest BCUT2D eigenvalue weighted by molar-refractivity contribution is -0.137. The molecule has 0 heterocycles. The predicted molar refractivity (Wildman–Crippen MR) is 62.3 cm³/mol. The lowest BCUT2D eigenvalue weighted by Crippen LogP contribution is -2.33. The Morgan fingerprint density at radius 1 is 1.38 bits per heavy atom. The first-order valence-corrected chi connectivity index (χ1v) is 6.21. The van der Waals surface area contributed by atoms with Gasteiger partial charge in [0.1, 0.15) is 0 Å². The molecule has 94 valence electrons. The average molecular weight is 229 g/mol. The summed E-state index contributed by atoms with van der Waals surface area (Å²) in [6.45, 7) is 2.98. The van der Waals surface area contributed by atoms with Crippen molar-refractivity contribution in [2.24, 2.45) is 5.92 Å². The molecule has 0 bridgehead atoms. The van der Waals surface area contributed by atoms with Gasteiger partial charge >= 0.3 is 5.97 Å². The van der Waals surface area contributed by atoms with Crippen LogP contribution in [0.25, 0.3) is 0 Å². The summed E-state index contributed by atoms with van der Waals surface area (Å²) in [5.74, 6) is -0.0786. The molecule has 3 N–H and O–H groups in total. The molecule has 0 radical (unpaired) electrons. The van der Waals surface area contributed by atoms with Gasteiger partial charge in [0.2, 0.25) is 0 Å². The van der Waals surface area contributed by atoms with E-state index in [-0.39, 0.29) is 18.6 Å². The molecule has 4 nitrogen and oxygen atoms in total. The Morgan fingerprint density at radius 3 is 2.56 bits per heavy atom. The summed E-state index contributed by atoms with van der Waals surface area (Å²) in [6.07, 6.45) is 4.81. The van der Waals surface area contributed by atoms with Crippen molar-refractivity contribution in [3.05, 3.63) is 0 Å². The summed E-state index contributed by atoms with van der Waals surface area (Å²) in [5.41, 5.74) is 0. The molecule has 0 aromatic rings. The van der Waals surface area contributed by atoms with Crippen molar-refractivity contribution < 1.29 is 15.0 Å². The van der Waals surface area contributed by atoms with Crippen molar-refractivity contribution in [1.29, 1.82) is 0 Å². The van der Waals surface area contributed by atoms with Crippen LogP contribution >= 0.6 is 0 Å². The van der Waals surface area contributed by atoms with E-state index in [4.69, 9.17) is 5.11 Å². The normalized spacial score (nSPS) is 27.6. The number of carboxylic acid groups (broad SMARTS) is 1. The smallest absolute Gasteiger partial charge is 0.303 e. The first-order chi connectivity index (χ1) is 7.58. The summed E-state index contributed by atoms with van der Waals surface area (Å²) < 4.78 is 0. The Hall–Kier alpha value is -0.610. The van der Waals surface area contributed by atoms with E-state index in [1.165, 1.54) is 0 Å². The number of carboxylic acids is 1. The number of nitrogens with one attached hydrogen (secondary N) is 1. The second-order valence-corrected chi connectivity index (χ2v) is 4.92. The molecule has 4 heteroatoms. The zero-order valence-corrected chi connectivity index (χ0v) is 9.98. The number of rotatable bonds is 6. The number of aliphatic hydroxyl groups is 1. The Morgan fingerprint density at radius 2 is 2.00 bits per heavy atom. The Labute approximate surface area is 97.0 Å². The molecule has 0 aromatic carbocycles. The average Bonchev–Trinajstić information content (AvgIpc) is 2.25. The van der Waals surface area contributed by atoms with E-state index in [0.717, 1.165) is 32.2 Å². The van der Waals surface area contributed by atoms with Crippen molar-refractivity contribution >= 4 is 5.97 Å². The molecule has 0 saturated heterocycles. The standard InChI is InChI=1S/C12H23NO3/c1-9(2-7-12(15)16)13-8-10-3-5-11(14)6-4-10/h9-11,13-14H,2-8H2,1H3,(H,15,16). The van der Waals surface area contributed by atoms with Gasteiger partial charge in [-0.25, -0.2) is 0 Å². The molecular formula is C12H23NO3. The maximum Gasteiger partial charge on any atom is 0.303 e. The minimum absolute atomic E-state index is 0.0966. The largest absolute Gasteiger partial charge is 0.481 e. The lowest BCUT2D eigenvalue weighted by atomic mass is 9.87. The topological polar surface area (TPSA) is 69.6 Å². The Kier molecular flexibility index (Phi) is 5.77. The first kappa shape index (κ1) is 13.5. The van der Waals surface area contributed by atoms with Gasteiger partial charge in [0.25, 0.3) is 0 Å². The fourth-order valence-electron chi connectivity index (χ4n) is 2.16. The third-order valence-electron chi connectivity index (χ3n) is 3.36. The zero-order valence-electron chi connectivity index (χ0n) is 9.98. The number of aliphatic hydroxyl groups excluding tert-OH is 1. The van der Waals surface area contributed by atoms with Crippen LogP contribution in [0.15, 0.2) is 0 Å². The van der Waals surface area contributed by atoms with Crippen molar-refractivity contribution in [2.45, 2.75) is 57.6 Å². The minimum Gasteiger partial charge on any atom is -0.481 e. The highest BCUT2D eigenvalue weighted by Crippen LogP contribution is 2.23. The van der Waals surface area contributed by atoms with Crippen molar-refractivity contribution in [3.8, 4) is 0 Å². The summed E-state index contributed by atoms with van der Waals surface area (Å²) in [7, 11) is 0. The fraction of sp³-hybridized carbons (Fsp3) is 0.917. The van der Waals surface area contributed by atoms with Crippen LogP contribution in [0.3, 0.4) is 0 Å². The quantitative estimate of drug-likeness (QED) is 0.643. The third-order valence-corrected chi connectivity index (χ3v) is 3.36. The van der Waals surface area contributed by atoms with Crippen molar-refractivity contribution in [1.82, 2.24) is 5.32 Å². The summed E-state index contributed by atoms with van der Waals surface area (Å²) in [4.78, 5) is 10.4. The van der Waals surface area contributed by atoms with Gasteiger partial charge in [0, 0.05) is 12.5 Å². The molecule has 1 rings (SSSR count). The molecule has 0 aliphatic heterocycles. The highest BCUT2D eigenvalue weighted by atomic mass is 16.4. The molecule has 1 saturated carbocycles. The van der Waals surface area contributed by atoms with Gasteiger partial charge in [-0.1, -0.05) is 0 Å². The van der Waals surface area contributed by atoms with Crippen LogP contribution in [-0.2, 0) is 4.79 Å².